The lowest BCUT2D eigenvalue weighted by Gasteiger charge is -2.36. The van der Waals surface area contributed by atoms with Gasteiger partial charge in [0, 0.05) is 43.5 Å². The SMILES string of the molecule is COc1cc(F)c(F)cc1NC(=O)[C@H](CCN)NC(=O)[C@@H]1Cc2ccccc2CN1C(=O)CCC(=O)c1ccccc1. The van der Waals surface area contributed by atoms with Gasteiger partial charge in [0.2, 0.25) is 17.7 Å². The number of halogens is 2. The number of fused-ring (bicyclic) bond motifs is 1. The van der Waals surface area contributed by atoms with Gasteiger partial charge in [-0.15, -0.1) is 0 Å². The molecule has 0 saturated carbocycles. The fraction of sp³-hybridized carbons (Fsp3) is 0.290. The molecular weight excluding hydrogens is 546 g/mol. The number of anilines is 1. The van der Waals surface area contributed by atoms with E-state index in [4.69, 9.17) is 10.5 Å². The van der Waals surface area contributed by atoms with Crippen LogP contribution in [0.15, 0.2) is 66.7 Å². The number of hydrogen-bond donors (Lipinski definition) is 3. The van der Waals surface area contributed by atoms with Gasteiger partial charge in [0.05, 0.1) is 12.8 Å². The predicted octanol–water partition coefficient (Wildman–Crippen LogP) is 3.36. The third-order valence-electron chi connectivity index (χ3n) is 7.12. The van der Waals surface area contributed by atoms with E-state index in [1.165, 1.54) is 12.0 Å². The van der Waals surface area contributed by atoms with E-state index in [-0.39, 0.29) is 61.9 Å². The number of carbonyl (C=O) groups excluding carboxylic acids is 4. The number of rotatable bonds is 11. The molecule has 4 N–H and O–H groups in total. The van der Waals surface area contributed by atoms with Crippen molar-refractivity contribution in [2.24, 2.45) is 5.73 Å². The molecule has 1 heterocycles. The molecule has 3 aromatic carbocycles. The molecule has 0 unspecified atom stereocenters. The third kappa shape index (κ3) is 7.16. The Kier molecular flexibility index (Phi) is 9.98. The smallest absolute Gasteiger partial charge is 0.247 e. The minimum Gasteiger partial charge on any atom is -0.494 e. The van der Waals surface area contributed by atoms with Gasteiger partial charge in [0.25, 0.3) is 0 Å². The molecule has 0 fully saturated rings. The Labute approximate surface area is 242 Å². The summed E-state index contributed by atoms with van der Waals surface area (Å²) >= 11 is 0. The molecule has 0 aromatic heterocycles. The van der Waals surface area contributed by atoms with E-state index >= 15 is 0 Å². The quantitative estimate of drug-likeness (QED) is 0.299. The largest absolute Gasteiger partial charge is 0.494 e. The van der Waals surface area contributed by atoms with Crippen LogP contribution in [0.25, 0.3) is 0 Å². The first kappa shape index (κ1) is 30.3. The summed E-state index contributed by atoms with van der Waals surface area (Å²) in [5, 5.41) is 5.14. The van der Waals surface area contributed by atoms with Crippen molar-refractivity contribution in [3.05, 3.63) is 95.1 Å². The molecule has 42 heavy (non-hydrogen) atoms. The van der Waals surface area contributed by atoms with Crippen LogP contribution in [0.5, 0.6) is 5.75 Å². The van der Waals surface area contributed by atoms with Gasteiger partial charge in [-0.2, -0.15) is 0 Å². The van der Waals surface area contributed by atoms with Gasteiger partial charge in [-0.1, -0.05) is 54.6 Å². The van der Waals surface area contributed by atoms with Crippen LogP contribution in [0.4, 0.5) is 14.5 Å². The number of Topliss-reactive ketones (excluding diaryl/α,β-unsaturated/α-hetero) is 1. The summed E-state index contributed by atoms with van der Waals surface area (Å²) in [6.07, 6.45) is 0.118. The second-order valence-electron chi connectivity index (χ2n) is 9.89. The van der Waals surface area contributed by atoms with Crippen molar-refractivity contribution in [2.45, 2.75) is 44.3 Å². The molecule has 9 nitrogen and oxygen atoms in total. The number of nitrogens with one attached hydrogen (secondary N) is 2. The van der Waals surface area contributed by atoms with Crippen molar-refractivity contribution in [3.8, 4) is 5.75 Å². The Morgan fingerprint density at radius 3 is 2.33 bits per heavy atom. The van der Waals surface area contributed by atoms with Gasteiger partial charge in [-0.25, -0.2) is 8.78 Å². The normalized spacial score (nSPS) is 14.9. The molecule has 11 heteroatoms. The average Bonchev–Trinajstić information content (AvgIpc) is 3.00. The Hall–Kier alpha value is -4.64. The maximum absolute atomic E-state index is 13.9. The molecule has 3 amide bonds. The first-order valence-corrected chi connectivity index (χ1v) is 13.5. The molecule has 0 bridgehead atoms. The Balaban J connectivity index is 1.51. The first-order valence-electron chi connectivity index (χ1n) is 13.5. The molecule has 0 aliphatic carbocycles. The minimum atomic E-state index is -1.19. The minimum absolute atomic E-state index is 0.0242. The van der Waals surface area contributed by atoms with Crippen molar-refractivity contribution in [1.82, 2.24) is 10.2 Å². The maximum Gasteiger partial charge on any atom is 0.247 e. The van der Waals surface area contributed by atoms with Crippen LogP contribution in [0.2, 0.25) is 0 Å². The zero-order valence-corrected chi connectivity index (χ0v) is 23.1. The fourth-order valence-corrected chi connectivity index (χ4v) is 4.87. The van der Waals surface area contributed by atoms with Crippen LogP contribution in [-0.2, 0) is 27.3 Å². The number of hydrogen-bond acceptors (Lipinski definition) is 6. The van der Waals surface area contributed by atoms with Gasteiger partial charge in [-0.05, 0) is 24.1 Å². The second kappa shape index (κ2) is 13.8. The van der Waals surface area contributed by atoms with Gasteiger partial charge >= 0.3 is 0 Å². The number of ether oxygens (including phenoxy) is 1. The van der Waals surface area contributed by atoms with Crippen LogP contribution in [-0.4, -0.2) is 54.1 Å². The summed E-state index contributed by atoms with van der Waals surface area (Å²) in [6.45, 7) is 0.192. The summed E-state index contributed by atoms with van der Waals surface area (Å²) in [5.74, 6) is -4.31. The van der Waals surface area contributed by atoms with Gasteiger partial charge < -0.3 is 26.0 Å². The number of ketones is 1. The number of carbonyl (C=O) groups is 4. The average molecular weight is 579 g/mol. The molecule has 0 spiro atoms. The number of benzene rings is 3. The number of nitrogens with two attached hydrogens (primary N) is 1. The summed E-state index contributed by atoms with van der Waals surface area (Å²) in [7, 11) is 1.24. The monoisotopic (exact) mass is 578 g/mol. The number of methoxy groups -OCH3 is 1. The summed E-state index contributed by atoms with van der Waals surface area (Å²) in [6, 6.07) is 15.5. The Bertz CT molecular complexity index is 1470. The Morgan fingerprint density at radius 2 is 1.64 bits per heavy atom. The maximum atomic E-state index is 13.9. The molecule has 4 rings (SSSR count). The highest BCUT2D eigenvalue weighted by Gasteiger charge is 2.36. The highest BCUT2D eigenvalue weighted by atomic mass is 19.2. The molecule has 0 radical (unpaired) electrons. The van der Waals surface area contributed by atoms with Crippen molar-refractivity contribution >= 4 is 29.2 Å². The third-order valence-corrected chi connectivity index (χ3v) is 7.12. The highest BCUT2D eigenvalue weighted by Crippen LogP contribution is 2.28. The molecule has 1 aliphatic rings. The van der Waals surface area contributed by atoms with Crippen LogP contribution in [0.1, 0.15) is 40.7 Å². The predicted molar refractivity (Wildman–Crippen MR) is 152 cm³/mol. The van der Waals surface area contributed by atoms with E-state index in [0.717, 1.165) is 23.3 Å². The summed E-state index contributed by atoms with van der Waals surface area (Å²) in [4.78, 5) is 54.2. The lowest BCUT2D eigenvalue weighted by atomic mass is 9.92. The van der Waals surface area contributed by atoms with Crippen LogP contribution in [0.3, 0.4) is 0 Å². The number of nitrogens with zero attached hydrogens (tertiary/aromatic N) is 1. The van der Waals surface area contributed by atoms with Crippen molar-refractivity contribution < 1.29 is 32.7 Å². The molecular formula is C31H32F2N4O5. The summed E-state index contributed by atoms with van der Waals surface area (Å²) < 4.78 is 32.5. The van der Waals surface area contributed by atoms with Crippen LogP contribution < -0.4 is 21.1 Å². The standard InChI is InChI=1S/C31H32F2N4O5/c1-42-28-17-23(33)22(32)16-25(28)36-30(40)24(13-14-34)35-31(41)26-15-20-9-5-6-10-21(20)18-37(26)29(39)12-11-27(38)19-7-3-2-4-8-19/h2-10,16-17,24,26H,11-15,18,34H2,1H3,(H,35,41)(H,36,40)/t24-,26-/m0/s1. The van der Waals surface area contributed by atoms with Crippen molar-refractivity contribution in [2.75, 3.05) is 19.0 Å². The van der Waals surface area contributed by atoms with E-state index in [1.807, 2.05) is 24.3 Å². The second-order valence-corrected chi connectivity index (χ2v) is 9.89. The van der Waals surface area contributed by atoms with E-state index in [2.05, 4.69) is 10.6 Å². The molecule has 2 atom stereocenters. The first-order chi connectivity index (χ1) is 20.2. The zero-order valence-electron chi connectivity index (χ0n) is 23.1. The molecule has 1 aliphatic heterocycles. The van der Waals surface area contributed by atoms with Crippen molar-refractivity contribution in [3.63, 3.8) is 0 Å². The van der Waals surface area contributed by atoms with Gasteiger partial charge in [0.1, 0.15) is 17.8 Å². The van der Waals surface area contributed by atoms with E-state index in [1.54, 1.807) is 30.3 Å². The number of amides is 3. The summed E-state index contributed by atoms with van der Waals surface area (Å²) in [5.41, 5.74) is 7.85. The van der Waals surface area contributed by atoms with Crippen LogP contribution in [0, 0.1) is 11.6 Å². The van der Waals surface area contributed by atoms with Crippen molar-refractivity contribution in [1.29, 1.82) is 0 Å². The van der Waals surface area contributed by atoms with E-state index in [9.17, 15) is 28.0 Å². The highest BCUT2D eigenvalue weighted by molar-refractivity contribution is 6.00. The molecule has 220 valence electrons. The topological polar surface area (TPSA) is 131 Å². The van der Waals surface area contributed by atoms with Gasteiger partial charge in [0.15, 0.2) is 17.4 Å². The fourth-order valence-electron chi connectivity index (χ4n) is 4.87. The lowest BCUT2D eigenvalue weighted by molar-refractivity contribution is -0.142. The zero-order chi connectivity index (χ0) is 30.2. The molecule has 3 aromatic rings. The van der Waals surface area contributed by atoms with E-state index in [0.29, 0.717) is 5.56 Å². The Morgan fingerprint density at radius 1 is 0.976 bits per heavy atom. The van der Waals surface area contributed by atoms with E-state index < -0.39 is 35.5 Å². The van der Waals surface area contributed by atoms with Gasteiger partial charge in [-0.3, -0.25) is 19.2 Å². The van der Waals surface area contributed by atoms with Crippen LogP contribution >= 0.6 is 0 Å². The lowest BCUT2D eigenvalue weighted by Crippen LogP contribution is -2.56. The molecule has 0 saturated heterocycles.